The third kappa shape index (κ3) is 3.31. The van der Waals surface area contributed by atoms with Gasteiger partial charge in [-0.25, -0.2) is 0 Å². The standard InChI is InChI=1S/C16H19BrN2OS/c1-20-14-5-4-12(11-13(14)17)16(15-3-2-10-21-15)19-8-6-18-7-9-19/h2-5,10-11,16,18H,6-9H2,1H3/t16-/m1/s1. The van der Waals surface area contributed by atoms with Crippen LogP contribution in [0.3, 0.4) is 0 Å². The van der Waals surface area contributed by atoms with Crippen LogP contribution in [0, 0.1) is 0 Å². The van der Waals surface area contributed by atoms with Crippen molar-refractivity contribution in [3.63, 3.8) is 0 Å². The van der Waals surface area contributed by atoms with Crippen LogP contribution in [-0.2, 0) is 0 Å². The highest BCUT2D eigenvalue weighted by molar-refractivity contribution is 9.10. The van der Waals surface area contributed by atoms with Gasteiger partial charge in [-0.15, -0.1) is 11.3 Å². The van der Waals surface area contributed by atoms with E-state index in [2.05, 4.69) is 55.8 Å². The molecular formula is C16H19BrN2OS. The van der Waals surface area contributed by atoms with Gasteiger partial charge in [0.1, 0.15) is 5.75 Å². The number of nitrogens with one attached hydrogen (secondary N) is 1. The molecule has 1 atom stereocenters. The fourth-order valence-corrected chi connectivity index (χ4v) is 4.24. The van der Waals surface area contributed by atoms with E-state index in [0.717, 1.165) is 36.4 Å². The lowest BCUT2D eigenvalue weighted by atomic mass is 10.0. The van der Waals surface area contributed by atoms with Crippen LogP contribution in [-0.4, -0.2) is 38.2 Å². The Bertz CT molecular complexity index is 582. The first kappa shape index (κ1) is 15.0. The van der Waals surface area contributed by atoms with Gasteiger partial charge in [-0.05, 0) is 45.1 Å². The Labute approximate surface area is 138 Å². The van der Waals surface area contributed by atoms with Crippen LogP contribution in [0.1, 0.15) is 16.5 Å². The molecule has 2 heterocycles. The second-order valence-electron chi connectivity index (χ2n) is 5.10. The number of nitrogens with zero attached hydrogens (tertiary/aromatic N) is 1. The monoisotopic (exact) mass is 366 g/mol. The summed E-state index contributed by atoms with van der Waals surface area (Å²) in [6.45, 7) is 4.26. The lowest BCUT2D eigenvalue weighted by Crippen LogP contribution is -2.45. The Morgan fingerprint density at radius 2 is 2.10 bits per heavy atom. The van der Waals surface area contributed by atoms with E-state index in [1.165, 1.54) is 10.4 Å². The van der Waals surface area contributed by atoms with Crippen LogP contribution >= 0.6 is 27.3 Å². The van der Waals surface area contributed by atoms with Gasteiger partial charge in [-0.1, -0.05) is 12.1 Å². The molecular weight excluding hydrogens is 348 g/mol. The Hall–Kier alpha value is -0.880. The summed E-state index contributed by atoms with van der Waals surface area (Å²) in [4.78, 5) is 3.95. The summed E-state index contributed by atoms with van der Waals surface area (Å²) in [6, 6.07) is 11.1. The molecule has 0 aliphatic carbocycles. The molecule has 1 aliphatic rings. The summed E-state index contributed by atoms with van der Waals surface area (Å²) in [5.41, 5.74) is 1.31. The average molecular weight is 367 g/mol. The van der Waals surface area contributed by atoms with Crippen molar-refractivity contribution in [2.45, 2.75) is 6.04 Å². The highest BCUT2D eigenvalue weighted by Gasteiger charge is 2.25. The van der Waals surface area contributed by atoms with Gasteiger partial charge in [0.25, 0.3) is 0 Å². The Kier molecular flexibility index (Phi) is 4.95. The molecule has 1 aromatic heterocycles. The van der Waals surface area contributed by atoms with Crippen molar-refractivity contribution in [1.82, 2.24) is 10.2 Å². The Morgan fingerprint density at radius 1 is 1.29 bits per heavy atom. The molecule has 1 aliphatic heterocycles. The lowest BCUT2D eigenvalue weighted by Gasteiger charge is -2.35. The molecule has 21 heavy (non-hydrogen) atoms. The molecule has 3 rings (SSSR count). The van der Waals surface area contributed by atoms with Crippen molar-refractivity contribution in [3.8, 4) is 5.75 Å². The first-order valence-corrected chi connectivity index (χ1v) is 8.78. The maximum absolute atomic E-state index is 5.35. The van der Waals surface area contributed by atoms with E-state index in [-0.39, 0.29) is 0 Å². The number of ether oxygens (including phenoxy) is 1. The molecule has 0 spiro atoms. The van der Waals surface area contributed by atoms with Gasteiger partial charge in [-0.2, -0.15) is 0 Å². The number of halogens is 1. The van der Waals surface area contributed by atoms with Gasteiger partial charge in [-0.3, -0.25) is 4.90 Å². The van der Waals surface area contributed by atoms with Crippen LogP contribution < -0.4 is 10.1 Å². The molecule has 5 heteroatoms. The molecule has 0 amide bonds. The first-order valence-electron chi connectivity index (χ1n) is 7.11. The van der Waals surface area contributed by atoms with Gasteiger partial charge in [0.05, 0.1) is 17.6 Å². The fourth-order valence-electron chi connectivity index (χ4n) is 2.79. The normalized spacial score (nSPS) is 17.6. The molecule has 0 unspecified atom stereocenters. The third-order valence-electron chi connectivity index (χ3n) is 3.82. The van der Waals surface area contributed by atoms with Crippen molar-refractivity contribution in [3.05, 3.63) is 50.6 Å². The lowest BCUT2D eigenvalue weighted by molar-refractivity contribution is 0.200. The summed E-state index contributed by atoms with van der Waals surface area (Å²) >= 11 is 5.44. The van der Waals surface area contributed by atoms with Crippen LogP contribution in [0.15, 0.2) is 40.2 Å². The zero-order chi connectivity index (χ0) is 14.7. The SMILES string of the molecule is COc1ccc([C@H](c2cccs2)N2CCNCC2)cc1Br. The molecule has 1 N–H and O–H groups in total. The van der Waals surface area contributed by atoms with Crippen molar-refractivity contribution >= 4 is 27.3 Å². The third-order valence-corrected chi connectivity index (χ3v) is 5.37. The number of hydrogen-bond acceptors (Lipinski definition) is 4. The molecule has 2 aromatic rings. The van der Waals surface area contributed by atoms with Crippen molar-refractivity contribution in [1.29, 1.82) is 0 Å². The highest BCUT2D eigenvalue weighted by atomic mass is 79.9. The molecule has 1 saturated heterocycles. The number of hydrogen-bond donors (Lipinski definition) is 1. The Balaban J connectivity index is 1.96. The maximum Gasteiger partial charge on any atom is 0.133 e. The number of benzene rings is 1. The predicted molar refractivity (Wildman–Crippen MR) is 91.3 cm³/mol. The van der Waals surface area contributed by atoms with Gasteiger partial charge in [0.2, 0.25) is 0 Å². The minimum atomic E-state index is 0.328. The molecule has 1 fully saturated rings. The summed E-state index contributed by atoms with van der Waals surface area (Å²) < 4.78 is 6.36. The maximum atomic E-state index is 5.35. The van der Waals surface area contributed by atoms with Crippen LogP contribution in [0.5, 0.6) is 5.75 Å². The minimum absolute atomic E-state index is 0.328. The number of piperazine rings is 1. The quantitative estimate of drug-likeness (QED) is 0.895. The van der Waals surface area contributed by atoms with Gasteiger partial charge in [0.15, 0.2) is 0 Å². The smallest absolute Gasteiger partial charge is 0.133 e. The van der Waals surface area contributed by atoms with E-state index in [9.17, 15) is 0 Å². The van der Waals surface area contributed by atoms with Gasteiger partial charge >= 0.3 is 0 Å². The predicted octanol–water partition coefficient (Wildman–Crippen LogP) is 3.51. The minimum Gasteiger partial charge on any atom is -0.496 e. The Morgan fingerprint density at radius 3 is 2.71 bits per heavy atom. The molecule has 3 nitrogen and oxygen atoms in total. The van der Waals surface area contributed by atoms with Crippen molar-refractivity contribution in [2.75, 3.05) is 33.3 Å². The summed E-state index contributed by atoms with van der Waals surface area (Å²) in [5.74, 6) is 0.879. The van der Waals surface area contributed by atoms with Gasteiger partial charge in [0, 0.05) is 31.1 Å². The van der Waals surface area contributed by atoms with E-state index >= 15 is 0 Å². The van der Waals surface area contributed by atoms with Crippen molar-refractivity contribution in [2.24, 2.45) is 0 Å². The summed E-state index contributed by atoms with van der Waals surface area (Å²) in [7, 11) is 1.70. The second-order valence-corrected chi connectivity index (χ2v) is 6.93. The summed E-state index contributed by atoms with van der Waals surface area (Å²) in [6.07, 6.45) is 0. The zero-order valence-electron chi connectivity index (χ0n) is 12.0. The largest absolute Gasteiger partial charge is 0.496 e. The first-order chi connectivity index (χ1) is 10.3. The molecule has 1 aromatic carbocycles. The molecule has 112 valence electrons. The van der Waals surface area contributed by atoms with Crippen LogP contribution in [0.4, 0.5) is 0 Å². The van der Waals surface area contributed by atoms with E-state index in [0.29, 0.717) is 6.04 Å². The molecule has 0 bridgehead atoms. The highest BCUT2D eigenvalue weighted by Crippen LogP contribution is 2.35. The topological polar surface area (TPSA) is 24.5 Å². The zero-order valence-corrected chi connectivity index (χ0v) is 14.4. The van der Waals surface area contributed by atoms with E-state index < -0.39 is 0 Å². The molecule has 0 radical (unpaired) electrons. The van der Waals surface area contributed by atoms with E-state index in [1.54, 1.807) is 7.11 Å². The summed E-state index contributed by atoms with van der Waals surface area (Å²) in [5, 5.41) is 5.58. The average Bonchev–Trinajstić information content (AvgIpc) is 3.03. The van der Waals surface area contributed by atoms with Crippen LogP contribution in [0.2, 0.25) is 0 Å². The fraction of sp³-hybridized carbons (Fsp3) is 0.375. The van der Waals surface area contributed by atoms with E-state index in [4.69, 9.17) is 4.74 Å². The van der Waals surface area contributed by atoms with E-state index in [1.807, 2.05) is 17.4 Å². The molecule has 0 saturated carbocycles. The van der Waals surface area contributed by atoms with Gasteiger partial charge < -0.3 is 10.1 Å². The number of rotatable bonds is 4. The number of methoxy groups -OCH3 is 1. The second kappa shape index (κ2) is 6.92. The number of thiophene rings is 1. The van der Waals surface area contributed by atoms with Crippen LogP contribution in [0.25, 0.3) is 0 Å². The van der Waals surface area contributed by atoms with Crippen molar-refractivity contribution < 1.29 is 4.74 Å².